The van der Waals surface area contributed by atoms with E-state index < -0.39 is 18.0 Å². The number of ether oxygens (including phenoxy) is 3. The Morgan fingerprint density at radius 3 is 2.57 bits per heavy atom. The van der Waals surface area contributed by atoms with Gasteiger partial charge in [-0.3, -0.25) is 14.4 Å². The second-order valence-corrected chi connectivity index (χ2v) is 6.41. The van der Waals surface area contributed by atoms with E-state index >= 15 is 0 Å². The van der Waals surface area contributed by atoms with E-state index in [4.69, 9.17) is 14.2 Å². The van der Waals surface area contributed by atoms with Crippen molar-refractivity contribution in [2.45, 2.75) is 26.4 Å². The molecule has 1 atom stereocenters. The highest BCUT2D eigenvalue weighted by Gasteiger charge is 2.19. The predicted octanol–water partition coefficient (Wildman–Crippen LogP) is 2.77. The van der Waals surface area contributed by atoms with Crippen molar-refractivity contribution < 1.29 is 28.6 Å². The number of amides is 1. The quantitative estimate of drug-likeness (QED) is 0.609. The monoisotopic (exact) mass is 383 g/mol. The van der Waals surface area contributed by atoms with Crippen molar-refractivity contribution in [1.82, 2.24) is 0 Å². The summed E-state index contributed by atoms with van der Waals surface area (Å²) in [5.41, 5.74) is 1.66. The average molecular weight is 383 g/mol. The van der Waals surface area contributed by atoms with Gasteiger partial charge in [0.1, 0.15) is 13.2 Å². The Hall–Kier alpha value is -3.35. The topological polar surface area (TPSA) is 90.9 Å². The van der Waals surface area contributed by atoms with Crippen LogP contribution in [0.1, 0.15) is 29.8 Å². The lowest BCUT2D eigenvalue weighted by molar-refractivity contribution is -0.152. The first-order valence-corrected chi connectivity index (χ1v) is 8.92. The zero-order chi connectivity index (χ0) is 20.1. The molecule has 0 saturated carbocycles. The summed E-state index contributed by atoms with van der Waals surface area (Å²) in [6.45, 7) is 3.90. The number of esters is 1. The van der Waals surface area contributed by atoms with Crippen molar-refractivity contribution in [2.24, 2.45) is 0 Å². The average Bonchev–Trinajstić information content (AvgIpc) is 2.68. The highest BCUT2D eigenvalue weighted by atomic mass is 16.6. The molecule has 0 saturated heterocycles. The van der Waals surface area contributed by atoms with Gasteiger partial charge in [-0.05, 0) is 43.7 Å². The van der Waals surface area contributed by atoms with Crippen LogP contribution in [0.4, 0.5) is 5.69 Å². The van der Waals surface area contributed by atoms with Crippen molar-refractivity contribution in [2.75, 3.05) is 18.5 Å². The Kier molecular flexibility index (Phi) is 5.93. The van der Waals surface area contributed by atoms with Gasteiger partial charge in [-0.2, -0.15) is 0 Å². The van der Waals surface area contributed by atoms with E-state index in [0.717, 1.165) is 0 Å². The number of rotatable bonds is 6. The number of hydrogen-bond acceptors (Lipinski definition) is 6. The lowest BCUT2D eigenvalue weighted by Crippen LogP contribution is -2.30. The molecule has 1 heterocycles. The Labute approximate surface area is 162 Å². The molecule has 28 heavy (non-hydrogen) atoms. The van der Waals surface area contributed by atoms with Crippen LogP contribution in [0, 0.1) is 0 Å². The lowest BCUT2D eigenvalue weighted by atomic mass is 10.1. The van der Waals surface area contributed by atoms with Crippen molar-refractivity contribution in [3.63, 3.8) is 0 Å². The molecule has 1 N–H and O–H groups in total. The molecule has 146 valence electrons. The first kappa shape index (κ1) is 19.4. The second-order valence-electron chi connectivity index (χ2n) is 6.41. The van der Waals surface area contributed by atoms with E-state index in [1.54, 1.807) is 42.5 Å². The van der Waals surface area contributed by atoms with Crippen molar-refractivity contribution in [3.05, 3.63) is 53.6 Å². The van der Waals surface area contributed by atoms with Crippen LogP contribution in [0.5, 0.6) is 11.5 Å². The standard InChI is InChI=1S/C21H21NO6/c1-13(23)16-4-3-5-17(12-16)22-21(25)14(2)28-20(24)11-15-6-7-18-19(10-15)27-9-8-26-18/h3-7,10,12,14H,8-9,11H2,1-2H3,(H,22,25)/t14-/m0/s1. The van der Waals surface area contributed by atoms with Crippen LogP contribution in [-0.4, -0.2) is 37.0 Å². The summed E-state index contributed by atoms with van der Waals surface area (Å²) < 4.78 is 16.2. The zero-order valence-electron chi connectivity index (χ0n) is 15.7. The van der Waals surface area contributed by atoms with Gasteiger partial charge in [0.2, 0.25) is 0 Å². The summed E-state index contributed by atoms with van der Waals surface area (Å²) in [4.78, 5) is 35.9. The minimum atomic E-state index is -0.981. The third kappa shape index (κ3) is 4.88. The fourth-order valence-electron chi connectivity index (χ4n) is 2.72. The Bertz CT molecular complexity index is 908. The summed E-state index contributed by atoms with van der Waals surface area (Å²) in [7, 11) is 0. The summed E-state index contributed by atoms with van der Waals surface area (Å²) in [5.74, 6) is 0.125. The molecule has 1 aliphatic rings. The van der Waals surface area contributed by atoms with Gasteiger partial charge < -0.3 is 19.5 Å². The largest absolute Gasteiger partial charge is 0.486 e. The fraction of sp³-hybridized carbons (Fsp3) is 0.286. The number of carbonyl (C=O) groups excluding carboxylic acids is 3. The molecule has 0 fully saturated rings. The first-order chi connectivity index (χ1) is 13.4. The Morgan fingerprint density at radius 1 is 1.07 bits per heavy atom. The molecule has 0 spiro atoms. The molecule has 0 bridgehead atoms. The van der Waals surface area contributed by atoms with Crippen LogP contribution >= 0.6 is 0 Å². The minimum Gasteiger partial charge on any atom is -0.486 e. The van der Waals surface area contributed by atoms with E-state index in [0.29, 0.717) is 41.5 Å². The molecule has 2 aromatic carbocycles. The van der Waals surface area contributed by atoms with Gasteiger partial charge >= 0.3 is 5.97 Å². The SMILES string of the molecule is CC(=O)c1cccc(NC(=O)[C@H](C)OC(=O)Cc2ccc3c(c2)OCCO3)c1. The molecule has 2 aromatic rings. The molecule has 0 aromatic heterocycles. The van der Waals surface area contributed by atoms with Gasteiger partial charge in [0.15, 0.2) is 23.4 Å². The number of fused-ring (bicyclic) bond motifs is 1. The number of nitrogens with one attached hydrogen (secondary N) is 1. The molecule has 3 rings (SSSR count). The zero-order valence-corrected chi connectivity index (χ0v) is 15.7. The van der Waals surface area contributed by atoms with Gasteiger partial charge in [0.25, 0.3) is 5.91 Å². The van der Waals surface area contributed by atoms with Gasteiger partial charge in [0.05, 0.1) is 6.42 Å². The van der Waals surface area contributed by atoms with Crippen molar-refractivity contribution >= 4 is 23.3 Å². The summed E-state index contributed by atoms with van der Waals surface area (Å²) >= 11 is 0. The maximum Gasteiger partial charge on any atom is 0.311 e. The molecule has 7 nitrogen and oxygen atoms in total. The number of benzene rings is 2. The van der Waals surface area contributed by atoms with Crippen molar-refractivity contribution in [1.29, 1.82) is 0 Å². The second kappa shape index (κ2) is 8.56. The van der Waals surface area contributed by atoms with E-state index in [2.05, 4.69) is 5.32 Å². The Balaban J connectivity index is 1.55. The van der Waals surface area contributed by atoms with Crippen LogP contribution in [0.2, 0.25) is 0 Å². The van der Waals surface area contributed by atoms with E-state index in [-0.39, 0.29) is 12.2 Å². The molecule has 1 aliphatic heterocycles. The maximum atomic E-state index is 12.3. The van der Waals surface area contributed by atoms with Crippen LogP contribution in [0.25, 0.3) is 0 Å². The normalized spacial score (nSPS) is 13.4. The van der Waals surface area contributed by atoms with E-state index in [1.807, 2.05) is 0 Å². The maximum absolute atomic E-state index is 12.3. The smallest absolute Gasteiger partial charge is 0.311 e. The number of ketones is 1. The van der Waals surface area contributed by atoms with Gasteiger partial charge in [0, 0.05) is 11.3 Å². The Morgan fingerprint density at radius 2 is 1.82 bits per heavy atom. The van der Waals surface area contributed by atoms with Crippen molar-refractivity contribution in [3.8, 4) is 11.5 Å². The fourth-order valence-corrected chi connectivity index (χ4v) is 2.72. The number of Topliss-reactive ketones (excluding diaryl/α,β-unsaturated/α-hetero) is 1. The summed E-state index contributed by atoms with van der Waals surface area (Å²) in [5, 5.41) is 2.64. The van der Waals surface area contributed by atoms with E-state index in [9.17, 15) is 14.4 Å². The molecule has 0 aliphatic carbocycles. The number of carbonyl (C=O) groups is 3. The highest BCUT2D eigenvalue weighted by Crippen LogP contribution is 2.30. The molecular weight excluding hydrogens is 362 g/mol. The molecule has 0 radical (unpaired) electrons. The van der Waals surface area contributed by atoms with Crippen LogP contribution in [-0.2, 0) is 20.7 Å². The highest BCUT2D eigenvalue weighted by molar-refractivity contribution is 5.98. The molecular formula is C21H21NO6. The summed E-state index contributed by atoms with van der Waals surface area (Å²) in [6.07, 6.45) is -0.973. The predicted molar refractivity (Wildman–Crippen MR) is 102 cm³/mol. The van der Waals surface area contributed by atoms with Crippen LogP contribution < -0.4 is 14.8 Å². The molecule has 7 heteroatoms. The minimum absolute atomic E-state index is 0.00802. The number of anilines is 1. The van der Waals surface area contributed by atoms with E-state index in [1.165, 1.54) is 13.8 Å². The third-order valence-corrected chi connectivity index (χ3v) is 4.17. The molecule has 0 unspecified atom stereocenters. The number of hydrogen-bond donors (Lipinski definition) is 1. The van der Waals surface area contributed by atoms with Gasteiger partial charge in [-0.25, -0.2) is 0 Å². The van der Waals surface area contributed by atoms with Gasteiger partial charge in [-0.15, -0.1) is 0 Å². The third-order valence-electron chi connectivity index (χ3n) is 4.17. The van der Waals surface area contributed by atoms with Crippen LogP contribution in [0.15, 0.2) is 42.5 Å². The molecule has 1 amide bonds. The van der Waals surface area contributed by atoms with Crippen LogP contribution in [0.3, 0.4) is 0 Å². The summed E-state index contributed by atoms with van der Waals surface area (Å²) in [6, 6.07) is 11.8. The van der Waals surface area contributed by atoms with Gasteiger partial charge in [-0.1, -0.05) is 18.2 Å². The first-order valence-electron chi connectivity index (χ1n) is 8.92. The lowest BCUT2D eigenvalue weighted by Gasteiger charge is -2.19.